The van der Waals surface area contributed by atoms with Gasteiger partial charge in [0.1, 0.15) is 0 Å². The zero-order valence-corrected chi connectivity index (χ0v) is 19.9. The van der Waals surface area contributed by atoms with Gasteiger partial charge in [0.05, 0.1) is 11.6 Å². The van der Waals surface area contributed by atoms with E-state index in [1.54, 1.807) is 6.08 Å². The second-order valence-corrected chi connectivity index (χ2v) is 9.14. The molecule has 1 heterocycles. The molecule has 1 aliphatic rings. The molecule has 3 aromatic rings. The number of aliphatic hydroxyl groups is 1. The Kier molecular flexibility index (Phi) is 6.38. The average Bonchev–Trinajstić information content (AvgIpc) is 3.05. The monoisotopic (exact) mass is 585 g/mol. The number of hydrogen-bond acceptors (Lipinski definition) is 3. The van der Waals surface area contributed by atoms with Gasteiger partial charge in [-0.05, 0) is 76.2 Å². The molecule has 6 heteroatoms. The van der Waals surface area contributed by atoms with E-state index in [2.05, 4.69) is 38.5 Å². The number of carbonyl (C=O) groups excluding carboxylic acids is 2. The van der Waals surface area contributed by atoms with E-state index in [0.717, 1.165) is 19.2 Å². The number of benzene rings is 3. The largest absolute Gasteiger partial charge is 0.503 e. The normalized spacial score (nSPS) is 16.4. The van der Waals surface area contributed by atoms with Crippen LogP contribution < -0.4 is 4.90 Å². The summed E-state index contributed by atoms with van der Waals surface area (Å²) in [5.41, 5.74) is 2.27. The summed E-state index contributed by atoms with van der Waals surface area (Å²) < 4.78 is 1.90. The van der Waals surface area contributed by atoms with Crippen LogP contribution in [0.25, 0.3) is 6.08 Å². The Morgan fingerprint density at radius 3 is 2.26 bits per heavy atom. The zero-order valence-electron chi connectivity index (χ0n) is 16.2. The first-order valence-electron chi connectivity index (χ1n) is 9.51. The third-order valence-electron chi connectivity index (χ3n) is 4.99. The minimum Gasteiger partial charge on any atom is -0.503 e. The standard InChI is InChI=1S/C25H17BrINO3/c26-18-9-7-17(8-10-18)23-22(21(29)15-6-16-4-2-1-3-5-16)24(30)25(31)28(23)20-13-11-19(27)12-14-20/h1-15,23,30H/b15-6+. The second kappa shape index (κ2) is 9.20. The summed E-state index contributed by atoms with van der Waals surface area (Å²) in [7, 11) is 0. The first-order valence-corrected chi connectivity index (χ1v) is 11.4. The van der Waals surface area contributed by atoms with Crippen LogP contribution in [0.1, 0.15) is 17.2 Å². The van der Waals surface area contributed by atoms with Crippen LogP contribution in [0.15, 0.2) is 101 Å². The number of amides is 1. The quantitative estimate of drug-likeness (QED) is 0.285. The Morgan fingerprint density at radius 2 is 1.61 bits per heavy atom. The van der Waals surface area contributed by atoms with E-state index in [1.165, 1.54) is 11.0 Å². The van der Waals surface area contributed by atoms with Crippen LogP contribution in [0.5, 0.6) is 0 Å². The van der Waals surface area contributed by atoms with Gasteiger partial charge in [-0.3, -0.25) is 14.5 Å². The van der Waals surface area contributed by atoms with Gasteiger partial charge in [-0.25, -0.2) is 0 Å². The lowest BCUT2D eigenvalue weighted by Crippen LogP contribution is -2.30. The number of rotatable bonds is 5. The van der Waals surface area contributed by atoms with Crippen LogP contribution in [0, 0.1) is 3.57 Å². The molecule has 0 aliphatic carbocycles. The van der Waals surface area contributed by atoms with Gasteiger partial charge >= 0.3 is 0 Å². The van der Waals surface area contributed by atoms with Crippen molar-refractivity contribution in [3.63, 3.8) is 0 Å². The van der Waals surface area contributed by atoms with E-state index in [1.807, 2.05) is 78.9 Å². The molecule has 1 unspecified atom stereocenters. The van der Waals surface area contributed by atoms with E-state index in [-0.39, 0.29) is 5.57 Å². The first kappa shape index (κ1) is 21.5. The van der Waals surface area contributed by atoms with Crippen molar-refractivity contribution >= 4 is 62.0 Å². The molecular weight excluding hydrogens is 569 g/mol. The number of nitrogens with zero attached hydrogens (tertiary/aromatic N) is 1. The van der Waals surface area contributed by atoms with Crippen LogP contribution in [-0.2, 0) is 9.59 Å². The predicted molar refractivity (Wildman–Crippen MR) is 134 cm³/mol. The fraction of sp³-hybridized carbons (Fsp3) is 0.0400. The van der Waals surface area contributed by atoms with Gasteiger partial charge in [0.15, 0.2) is 11.5 Å². The zero-order chi connectivity index (χ0) is 22.0. The molecular formula is C25H17BrINO3. The first-order chi connectivity index (χ1) is 15.0. The molecule has 4 rings (SSSR count). The number of ketones is 1. The Labute approximate surface area is 202 Å². The maximum atomic E-state index is 13.2. The summed E-state index contributed by atoms with van der Waals surface area (Å²) in [6.07, 6.45) is 3.08. The molecule has 1 aliphatic heterocycles. The molecule has 31 heavy (non-hydrogen) atoms. The molecule has 1 atom stereocenters. The van der Waals surface area contributed by atoms with Crippen LogP contribution in [0.4, 0.5) is 5.69 Å². The van der Waals surface area contributed by atoms with Gasteiger partial charge in [0.25, 0.3) is 5.91 Å². The fourth-order valence-electron chi connectivity index (χ4n) is 3.51. The predicted octanol–water partition coefficient (Wildman–Crippen LogP) is 6.24. The Hall–Kier alpha value is -2.71. The maximum absolute atomic E-state index is 13.2. The topological polar surface area (TPSA) is 57.6 Å². The van der Waals surface area contributed by atoms with E-state index in [4.69, 9.17) is 0 Å². The van der Waals surface area contributed by atoms with Gasteiger partial charge < -0.3 is 5.11 Å². The highest BCUT2D eigenvalue weighted by Crippen LogP contribution is 2.41. The van der Waals surface area contributed by atoms with Crippen molar-refractivity contribution in [3.8, 4) is 0 Å². The molecule has 0 radical (unpaired) electrons. The van der Waals surface area contributed by atoms with Gasteiger partial charge in [-0.1, -0.05) is 64.5 Å². The van der Waals surface area contributed by atoms with Crippen LogP contribution in [0.3, 0.4) is 0 Å². The van der Waals surface area contributed by atoms with Gasteiger partial charge in [-0.15, -0.1) is 0 Å². The highest BCUT2D eigenvalue weighted by atomic mass is 127. The summed E-state index contributed by atoms with van der Waals surface area (Å²) in [4.78, 5) is 27.7. The Morgan fingerprint density at radius 1 is 0.968 bits per heavy atom. The highest BCUT2D eigenvalue weighted by molar-refractivity contribution is 14.1. The summed E-state index contributed by atoms with van der Waals surface area (Å²) in [5.74, 6) is -1.52. The van der Waals surface area contributed by atoms with Crippen molar-refractivity contribution in [2.45, 2.75) is 6.04 Å². The summed E-state index contributed by atoms with van der Waals surface area (Å²) in [5, 5.41) is 10.7. The minimum atomic E-state index is -0.728. The van der Waals surface area contributed by atoms with Crippen molar-refractivity contribution in [1.29, 1.82) is 0 Å². The fourth-order valence-corrected chi connectivity index (χ4v) is 4.14. The highest BCUT2D eigenvalue weighted by Gasteiger charge is 2.43. The van der Waals surface area contributed by atoms with Crippen molar-refractivity contribution in [2.75, 3.05) is 4.90 Å². The lowest BCUT2D eigenvalue weighted by atomic mass is 9.95. The van der Waals surface area contributed by atoms with Crippen molar-refractivity contribution < 1.29 is 14.7 Å². The number of allylic oxidation sites excluding steroid dienone is 1. The average molecular weight is 586 g/mol. The van der Waals surface area contributed by atoms with Crippen molar-refractivity contribution in [3.05, 3.63) is 115 Å². The molecule has 0 fully saturated rings. The molecule has 1 amide bonds. The van der Waals surface area contributed by atoms with Crippen molar-refractivity contribution in [1.82, 2.24) is 0 Å². The lowest BCUT2D eigenvalue weighted by Gasteiger charge is -2.26. The van der Waals surface area contributed by atoms with Crippen LogP contribution >= 0.6 is 38.5 Å². The Balaban J connectivity index is 1.78. The van der Waals surface area contributed by atoms with Gasteiger partial charge in [0, 0.05) is 13.7 Å². The van der Waals surface area contributed by atoms with Crippen LogP contribution in [0.2, 0.25) is 0 Å². The summed E-state index contributed by atoms with van der Waals surface area (Å²) >= 11 is 5.61. The summed E-state index contributed by atoms with van der Waals surface area (Å²) in [6.45, 7) is 0. The van der Waals surface area contributed by atoms with Crippen LogP contribution in [-0.4, -0.2) is 16.8 Å². The second-order valence-electron chi connectivity index (χ2n) is 6.98. The number of halogens is 2. The van der Waals surface area contributed by atoms with Gasteiger partial charge in [0.2, 0.25) is 0 Å². The molecule has 0 saturated carbocycles. The molecule has 154 valence electrons. The van der Waals surface area contributed by atoms with E-state index < -0.39 is 23.5 Å². The van der Waals surface area contributed by atoms with Crippen molar-refractivity contribution in [2.24, 2.45) is 0 Å². The lowest BCUT2D eigenvalue weighted by molar-refractivity contribution is -0.117. The van der Waals surface area contributed by atoms with E-state index in [0.29, 0.717) is 5.69 Å². The smallest absolute Gasteiger partial charge is 0.294 e. The Bertz CT molecular complexity index is 1190. The summed E-state index contributed by atoms with van der Waals surface area (Å²) in [6, 6.07) is 23.4. The number of carbonyl (C=O) groups is 2. The molecule has 0 saturated heterocycles. The molecule has 0 spiro atoms. The maximum Gasteiger partial charge on any atom is 0.294 e. The molecule has 0 aromatic heterocycles. The molecule has 1 N–H and O–H groups in total. The minimum absolute atomic E-state index is 0.0676. The van der Waals surface area contributed by atoms with E-state index >= 15 is 0 Å². The third-order valence-corrected chi connectivity index (χ3v) is 6.24. The molecule has 3 aromatic carbocycles. The molecule has 4 nitrogen and oxygen atoms in total. The number of hydrogen-bond donors (Lipinski definition) is 1. The molecule has 0 bridgehead atoms. The SMILES string of the molecule is O=C(/C=C/c1ccccc1)C1=C(O)C(=O)N(c2ccc(I)cc2)C1c1ccc(Br)cc1. The van der Waals surface area contributed by atoms with Gasteiger partial charge in [-0.2, -0.15) is 0 Å². The number of anilines is 1. The number of aliphatic hydroxyl groups excluding tert-OH is 1. The third kappa shape index (κ3) is 4.50. The van der Waals surface area contributed by atoms with E-state index in [9.17, 15) is 14.7 Å².